The van der Waals surface area contributed by atoms with Crippen LogP contribution in [0.3, 0.4) is 0 Å². The van der Waals surface area contributed by atoms with Crippen LogP contribution >= 0.6 is 11.8 Å². The molecule has 3 rings (SSSR count). The Bertz CT molecular complexity index is 860. The van der Waals surface area contributed by atoms with Crippen molar-refractivity contribution >= 4 is 29.4 Å². The van der Waals surface area contributed by atoms with E-state index in [1.54, 1.807) is 12.1 Å². The highest BCUT2D eigenvalue weighted by atomic mass is 32.2. The standard InChI is InChI=1S/C14H12N4O4S/c15-10(20)6-23-14-17-12-9(5-11(21)16-12)13(22)18(14)7-1-3-8(19)4-2-7/h1-4,19H,5-6H2,(H2,15,20)(H,16,21). The number of benzene rings is 1. The predicted molar refractivity (Wildman–Crippen MR) is 83.8 cm³/mol. The predicted octanol–water partition coefficient (Wildman–Crippen LogP) is 0.0101. The van der Waals surface area contributed by atoms with Gasteiger partial charge < -0.3 is 16.2 Å². The normalized spacial score (nSPS) is 12.8. The van der Waals surface area contributed by atoms with Crippen molar-refractivity contribution in [1.29, 1.82) is 0 Å². The summed E-state index contributed by atoms with van der Waals surface area (Å²) >= 11 is 0.999. The van der Waals surface area contributed by atoms with Crippen molar-refractivity contribution in [3.63, 3.8) is 0 Å². The van der Waals surface area contributed by atoms with Gasteiger partial charge >= 0.3 is 0 Å². The van der Waals surface area contributed by atoms with Gasteiger partial charge in [-0.05, 0) is 24.3 Å². The molecule has 23 heavy (non-hydrogen) atoms. The third-order valence-corrected chi connectivity index (χ3v) is 4.15. The quantitative estimate of drug-likeness (QED) is 0.534. The number of anilines is 1. The number of hydrogen-bond donors (Lipinski definition) is 3. The van der Waals surface area contributed by atoms with Crippen LogP contribution in [0.1, 0.15) is 5.56 Å². The second-order valence-corrected chi connectivity index (χ2v) is 5.80. The van der Waals surface area contributed by atoms with E-state index in [0.29, 0.717) is 5.69 Å². The molecule has 9 heteroatoms. The van der Waals surface area contributed by atoms with Crippen LogP contribution in [0.25, 0.3) is 5.69 Å². The number of phenolic OH excluding ortho intramolecular Hbond substituents is 1. The van der Waals surface area contributed by atoms with E-state index in [9.17, 15) is 19.5 Å². The summed E-state index contributed by atoms with van der Waals surface area (Å²) in [4.78, 5) is 39.5. The summed E-state index contributed by atoms with van der Waals surface area (Å²) in [6.45, 7) is 0. The number of aromatic nitrogens is 2. The van der Waals surface area contributed by atoms with E-state index in [0.717, 1.165) is 11.8 Å². The van der Waals surface area contributed by atoms with Crippen LogP contribution in [0.5, 0.6) is 5.75 Å². The number of carbonyl (C=O) groups is 2. The molecular weight excluding hydrogens is 320 g/mol. The van der Waals surface area contributed by atoms with Crippen LogP contribution in [0.15, 0.2) is 34.2 Å². The first-order valence-corrected chi connectivity index (χ1v) is 7.60. The van der Waals surface area contributed by atoms with E-state index in [4.69, 9.17) is 5.73 Å². The molecule has 0 aliphatic carbocycles. The van der Waals surface area contributed by atoms with E-state index in [1.807, 2.05) is 0 Å². The first kappa shape index (κ1) is 15.1. The highest BCUT2D eigenvalue weighted by molar-refractivity contribution is 7.99. The maximum absolute atomic E-state index is 12.7. The van der Waals surface area contributed by atoms with Crippen molar-refractivity contribution < 1.29 is 14.7 Å². The number of carbonyl (C=O) groups excluding carboxylic acids is 2. The Morgan fingerprint density at radius 3 is 2.70 bits per heavy atom. The van der Waals surface area contributed by atoms with E-state index in [2.05, 4.69) is 10.3 Å². The zero-order valence-electron chi connectivity index (χ0n) is 11.8. The van der Waals surface area contributed by atoms with Gasteiger partial charge in [0.05, 0.1) is 23.4 Å². The minimum absolute atomic E-state index is 0.0417. The van der Waals surface area contributed by atoms with Crippen molar-refractivity contribution in [2.75, 3.05) is 11.1 Å². The van der Waals surface area contributed by atoms with Gasteiger partial charge in [0.25, 0.3) is 5.56 Å². The topological polar surface area (TPSA) is 127 Å². The zero-order valence-corrected chi connectivity index (χ0v) is 12.6. The van der Waals surface area contributed by atoms with Gasteiger partial charge in [0.1, 0.15) is 11.6 Å². The lowest BCUT2D eigenvalue weighted by Crippen LogP contribution is -2.25. The summed E-state index contributed by atoms with van der Waals surface area (Å²) in [6.07, 6.45) is -0.0417. The third-order valence-electron chi connectivity index (χ3n) is 3.19. The minimum Gasteiger partial charge on any atom is -0.508 e. The summed E-state index contributed by atoms with van der Waals surface area (Å²) in [5.41, 5.74) is 5.48. The van der Waals surface area contributed by atoms with E-state index in [-0.39, 0.29) is 40.4 Å². The number of nitrogens with one attached hydrogen (secondary N) is 1. The lowest BCUT2D eigenvalue weighted by Gasteiger charge is -2.13. The molecule has 2 heterocycles. The van der Waals surface area contributed by atoms with Crippen LogP contribution in [-0.4, -0.2) is 32.2 Å². The van der Waals surface area contributed by atoms with Crippen molar-refractivity contribution in [1.82, 2.24) is 9.55 Å². The summed E-state index contributed by atoms with van der Waals surface area (Å²) < 4.78 is 1.30. The van der Waals surface area contributed by atoms with Gasteiger partial charge in [-0.15, -0.1) is 0 Å². The monoisotopic (exact) mass is 332 g/mol. The largest absolute Gasteiger partial charge is 0.508 e. The first-order valence-electron chi connectivity index (χ1n) is 6.62. The van der Waals surface area contributed by atoms with Crippen LogP contribution < -0.4 is 16.6 Å². The highest BCUT2D eigenvalue weighted by Crippen LogP contribution is 2.25. The molecule has 1 aromatic heterocycles. The molecule has 0 atom stereocenters. The maximum Gasteiger partial charge on any atom is 0.264 e. The van der Waals surface area contributed by atoms with Gasteiger partial charge in [-0.3, -0.25) is 19.0 Å². The van der Waals surface area contributed by atoms with Crippen molar-refractivity contribution in [3.05, 3.63) is 40.2 Å². The smallest absolute Gasteiger partial charge is 0.264 e. The molecule has 0 radical (unpaired) electrons. The molecule has 0 fully saturated rings. The molecular formula is C14H12N4O4S. The fourth-order valence-electron chi connectivity index (χ4n) is 2.20. The number of thioether (sulfide) groups is 1. The van der Waals surface area contributed by atoms with Crippen molar-refractivity contribution in [2.24, 2.45) is 5.73 Å². The highest BCUT2D eigenvalue weighted by Gasteiger charge is 2.26. The molecule has 8 nitrogen and oxygen atoms in total. The molecule has 0 spiro atoms. The van der Waals surface area contributed by atoms with Crippen molar-refractivity contribution in [2.45, 2.75) is 11.6 Å². The number of primary amides is 1. The Kier molecular flexibility index (Phi) is 3.78. The molecule has 1 aliphatic rings. The molecule has 0 bridgehead atoms. The molecule has 1 aromatic carbocycles. The number of nitrogens with zero attached hydrogens (tertiary/aromatic N) is 2. The molecule has 0 saturated carbocycles. The Morgan fingerprint density at radius 1 is 1.35 bits per heavy atom. The molecule has 0 saturated heterocycles. The number of fused-ring (bicyclic) bond motifs is 1. The van der Waals surface area contributed by atoms with Gasteiger partial charge in [-0.25, -0.2) is 4.98 Å². The lowest BCUT2D eigenvalue weighted by molar-refractivity contribution is -0.116. The average Bonchev–Trinajstić information content (AvgIpc) is 2.87. The number of aromatic hydroxyl groups is 1. The number of phenols is 1. The van der Waals surface area contributed by atoms with Crippen molar-refractivity contribution in [3.8, 4) is 11.4 Å². The number of amides is 2. The Balaban J connectivity index is 2.17. The summed E-state index contributed by atoms with van der Waals surface area (Å²) in [5.74, 6) is -0.650. The Hall–Kier alpha value is -2.81. The molecule has 0 unspecified atom stereocenters. The summed E-state index contributed by atoms with van der Waals surface area (Å²) in [5, 5.41) is 12.1. The number of hydrogen-bond acceptors (Lipinski definition) is 6. The molecule has 2 aromatic rings. The van der Waals surface area contributed by atoms with Gasteiger partial charge in [-0.1, -0.05) is 11.8 Å². The summed E-state index contributed by atoms with van der Waals surface area (Å²) in [7, 11) is 0. The number of rotatable bonds is 4. The SMILES string of the molecule is NC(=O)CSc1nc2c(c(=O)n1-c1ccc(O)cc1)CC(=O)N2. The van der Waals surface area contributed by atoms with Gasteiger partial charge in [0.15, 0.2) is 5.16 Å². The van der Waals surface area contributed by atoms with Crippen LogP contribution in [-0.2, 0) is 16.0 Å². The van der Waals surface area contributed by atoms with Crippen LogP contribution in [0, 0.1) is 0 Å². The Morgan fingerprint density at radius 2 is 2.04 bits per heavy atom. The van der Waals surface area contributed by atoms with Gasteiger partial charge in [0, 0.05) is 0 Å². The zero-order chi connectivity index (χ0) is 16.6. The summed E-state index contributed by atoms with van der Waals surface area (Å²) in [6, 6.07) is 5.95. The van der Waals surface area contributed by atoms with Crippen LogP contribution in [0.4, 0.5) is 5.82 Å². The second-order valence-electron chi connectivity index (χ2n) is 4.86. The third kappa shape index (κ3) is 2.90. The fraction of sp³-hybridized carbons (Fsp3) is 0.143. The molecule has 118 valence electrons. The number of nitrogens with two attached hydrogens (primary N) is 1. The van der Waals surface area contributed by atoms with Gasteiger partial charge in [-0.2, -0.15) is 0 Å². The van der Waals surface area contributed by atoms with E-state index < -0.39 is 11.5 Å². The lowest BCUT2D eigenvalue weighted by atomic mass is 10.2. The maximum atomic E-state index is 12.7. The first-order chi connectivity index (χ1) is 11.0. The van der Waals surface area contributed by atoms with Crippen LogP contribution in [0.2, 0.25) is 0 Å². The average molecular weight is 332 g/mol. The second kappa shape index (κ2) is 5.76. The molecule has 2 amide bonds. The van der Waals surface area contributed by atoms with E-state index >= 15 is 0 Å². The van der Waals surface area contributed by atoms with E-state index in [1.165, 1.54) is 16.7 Å². The minimum atomic E-state index is -0.550. The Labute approximate surface area is 134 Å². The van der Waals surface area contributed by atoms with Gasteiger partial charge in [0.2, 0.25) is 11.8 Å². The molecule has 4 N–H and O–H groups in total. The molecule has 1 aliphatic heterocycles. The fourth-order valence-corrected chi connectivity index (χ4v) is 2.94.